The number of ether oxygens (including phenoxy) is 1. The van der Waals surface area contributed by atoms with E-state index < -0.39 is 0 Å². The maximum atomic E-state index is 11.7. The number of para-hydroxylation sites is 1. The number of benzene rings is 2. The maximum absolute atomic E-state index is 11.7. The zero-order valence-corrected chi connectivity index (χ0v) is 16.7. The molecule has 1 amide bonds. The summed E-state index contributed by atoms with van der Waals surface area (Å²) in [6.45, 7) is 4.60. The van der Waals surface area contributed by atoms with Crippen molar-refractivity contribution < 1.29 is 9.53 Å². The lowest BCUT2D eigenvalue weighted by Crippen LogP contribution is -2.48. The lowest BCUT2D eigenvalue weighted by Gasteiger charge is -2.33. The second-order valence-electron chi connectivity index (χ2n) is 7.66. The van der Waals surface area contributed by atoms with E-state index in [9.17, 15) is 4.79 Å². The topological polar surface area (TPSA) is 45.7 Å². The third-order valence-electron chi connectivity index (χ3n) is 5.82. The summed E-state index contributed by atoms with van der Waals surface area (Å²) in [5, 5.41) is 0.680. The fourth-order valence-corrected chi connectivity index (χ4v) is 5.28. The van der Waals surface area contributed by atoms with Crippen LogP contribution in [0.4, 0.5) is 0 Å². The number of thiazole rings is 1. The fourth-order valence-electron chi connectivity index (χ4n) is 4.44. The minimum Gasteiger partial charge on any atom is -0.431 e. The number of carbonyl (C=O) groups is 1. The van der Waals surface area contributed by atoms with Crippen LogP contribution in [0.15, 0.2) is 48.5 Å². The summed E-state index contributed by atoms with van der Waals surface area (Å²) in [4.78, 5) is 20.8. The molecule has 6 heteroatoms. The van der Waals surface area contributed by atoms with E-state index in [4.69, 9.17) is 4.74 Å². The summed E-state index contributed by atoms with van der Waals surface area (Å²) < 4.78 is 7.15. The van der Waals surface area contributed by atoms with Gasteiger partial charge in [-0.1, -0.05) is 35.6 Å². The van der Waals surface area contributed by atoms with Crippen LogP contribution in [0.25, 0.3) is 10.2 Å². The van der Waals surface area contributed by atoms with Crippen molar-refractivity contribution in [3.63, 3.8) is 0 Å². The van der Waals surface area contributed by atoms with E-state index in [1.165, 1.54) is 5.56 Å². The van der Waals surface area contributed by atoms with Crippen molar-refractivity contribution in [2.24, 2.45) is 0 Å². The predicted octanol–water partition coefficient (Wildman–Crippen LogP) is 3.94. The van der Waals surface area contributed by atoms with Gasteiger partial charge in [-0.05, 0) is 42.7 Å². The lowest BCUT2D eigenvalue weighted by molar-refractivity contribution is -0.131. The first kappa shape index (κ1) is 17.6. The van der Waals surface area contributed by atoms with Crippen LogP contribution in [-0.2, 0) is 11.2 Å². The quantitative estimate of drug-likeness (QED) is 0.659. The Kier molecular flexibility index (Phi) is 4.53. The Hall–Kier alpha value is -2.44. The van der Waals surface area contributed by atoms with E-state index >= 15 is 0 Å². The molecule has 0 aliphatic carbocycles. The number of amides is 1. The highest BCUT2D eigenvalue weighted by Gasteiger charge is 2.43. The Bertz CT molecular complexity index is 985. The van der Waals surface area contributed by atoms with Crippen molar-refractivity contribution in [2.75, 3.05) is 19.6 Å². The van der Waals surface area contributed by atoms with Gasteiger partial charge in [-0.15, -0.1) is 0 Å². The lowest BCUT2D eigenvalue weighted by atomic mass is 10.1. The van der Waals surface area contributed by atoms with E-state index in [1.54, 1.807) is 18.3 Å². The van der Waals surface area contributed by atoms with Gasteiger partial charge in [0.05, 0.1) is 10.2 Å². The van der Waals surface area contributed by atoms with Crippen molar-refractivity contribution in [2.45, 2.75) is 31.8 Å². The van der Waals surface area contributed by atoms with Crippen molar-refractivity contribution in [1.29, 1.82) is 0 Å². The highest BCUT2D eigenvalue weighted by molar-refractivity contribution is 7.20. The molecule has 144 valence electrons. The minimum atomic E-state index is 0.215. The van der Waals surface area contributed by atoms with Gasteiger partial charge in [0.15, 0.2) is 0 Å². The van der Waals surface area contributed by atoms with Crippen molar-refractivity contribution in [3.05, 3.63) is 54.1 Å². The third kappa shape index (κ3) is 3.38. The van der Waals surface area contributed by atoms with Crippen LogP contribution in [0.3, 0.4) is 0 Å². The number of hydrogen-bond donors (Lipinski definition) is 0. The average molecular weight is 394 g/mol. The van der Waals surface area contributed by atoms with E-state index in [-0.39, 0.29) is 5.91 Å². The van der Waals surface area contributed by atoms with Gasteiger partial charge in [-0.2, -0.15) is 0 Å². The fraction of sp³-hybridized carbons (Fsp3) is 0.364. The largest absolute Gasteiger partial charge is 0.431 e. The molecule has 3 aromatic rings. The number of fused-ring (bicyclic) bond motifs is 3. The number of aromatic nitrogens is 1. The van der Waals surface area contributed by atoms with Crippen LogP contribution >= 0.6 is 11.3 Å². The first-order valence-electron chi connectivity index (χ1n) is 9.79. The number of rotatable bonds is 5. The Morgan fingerprint density at radius 1 is 1.18 bits per heavy atom. The summed E-state index contributed by atoms with van der Waals surface area (Å²) >= 11 is 1.57. The Balaban J connectivity index is 1.21. The second-order valence-corrected chi connectivity index (χ2v) is 8.65. The summed E-state index contributed by atoms with van der Waals surface area (Å²) in [6, 6.07) is 17.3. The summed E-state index contributed by atoms with van der Waals surface area (Å²) in [5.74, 6) is 1.05. The molecule has 2 fully saturated rings. The van der Waals surface area contributed by atoms with Gasteiger partial charge in [-0.3, -0.25) is 9.69 Å². The molecular formula is C22H23N3O2S. The Morgan fingerprint density at radius 3 is 2.86 bits per heavy atom. The smallest absolute Gasteiger partial charge is 0.279 e. The molecule has 0 saturated carbocycles. The van der Waals surface area contributed by atoms with Crippen LogP contribution in [0.5, 0.6) is 10.9 Å². The standard InChI is InChI=1S/C22H23N3O2S/c1-15(26)25-14-17-12-18(25)13-24(17)10-9-16-5-4-6-19(11-16)27-22-23-20-7-2-3-8-21(20)28-22/h2-8,11,17-18H,9-10,12-14H2,1H3/t17-,18+/m1/s1. The van der Waals surface area contributed by atoms with Gasteiger partial charge in [0.25, 0.3) is 5.19 Å². The number of hydrogen-bond acceptors (Lipinski definition) is 5. The van der Waals surface area contributed by atoms with Gasteiger partial charge in [-0.25, -0.2) is 4.98 Å². The number of likely N-dealkylation sites (tertiary alicyclic amines) is 2. The van der Waals surface area contributed by atoms with E-state index in [0.29, 0.717) is 17.3 Å². The molecule has 0 spiro atoms. The molecule has 0 radical (unpaired) electrons. The SMILES string of the molecule is CC(=O)N1C[C@H]2C[C@H]1CN2CCc1cccc(Oc2nc3ccccc3s2)c1. The normalized spacial score (nSPS) is 21.5. The van der Waals surface area contributed by atoms with Crippen molar-refractivity contribution in [1.82, 2.24) is 14.8 Å². The maximum Gasteiger partial charge on any atom is 0.279 e. The summed E-state index contributed by atoms with van der Waals surface area (Å²) in [6.07, 6.45) is 2.11. The van der Waals surface area contributed by atoms with Crippen LogP contribution in [0, 0.1) is 0 Å². The molecule has 0 unspecified atom stereocenters. The third-order valence-corrected chi connectivity index (χ3v) is 6.74. The monoisotopic (exact) mass is 393 g/mol. The molecule has 5 nitrogen and oxygen atoms in total. The van der Waals surface area contributed by atoms with Gasteiger partial charge >= 0.3 is 0 Å². The van der Waals surface area contributed by atoms with Crippen LogP contribution in [0.1, 0.15) is 18.9 Å². The van der Waals surface area contributed by atoms with Crippen LogP contribution < -0.4 is 4.74 Å². The zero-order valence-electron chi connectivity index (χ0n) is 15.9. The molecule has 2 bridgehead atoms. The van der Waals surface area contributed by atoms with E-state index in [1.807, 2.05) is 35.2 Å². The Morgan fingerprint density at radius 2 is 2.07 bits per heavy atom. The molecule has 5 rings (SSSR count). The van der Waals surface area contributed by atoms with E-state index in [0.717, 1.165) is 48.4 Å². The van der Waals surface area contributed by atoms with Gasteiger partial charge in [0, 0.05) is 38.6 Å². The molecule has 2 aromatic carbocycles. The highest BCUT2D eigenvalue weighted by Crippen LogP contribution is 2.32. The first-order chi connectivity index (χ1) is 13.7. The molecule has 28 heavy (non-hydrogen) atoms. The van der Waals surface area contributed by atoms with Gasteiger partial charge in [0.1, 0.15) is 5.75 Å². The summed E-state index contributed by atoms with van der Waals surface area (Å²) in [7, 11) is 0. The average Bonchev–Trinajstić information content (AvgIpc) is 3.39. The molecule has 2 aliphatic heterocycles. The number of piperazine rings is 1. The second kappa shape index (κ2) is 7.18. The van der Waals surface area contributed by atoms with Crippen LogP contribution in [0.2, 0.25) is 0 Å². The molecule has 2 atom stereocenters. The molecule has 2 saturated heterocycles. The van der Waals surface area contributed by atoms with Crippen LogP contribution in [-0.4, -0.2) is 52.4 Å². The highest BCUT2D eigenvalue weighted by atomic mass is 32.1. The van der Waals surface area contributed by atoms with Gasteiger partial charge in [0.2, 0.25) is 5.91 Å². The molecule has 0 N–H and O–H groups in total. The van der Waals surface area contributed by atoms with Gasteiger partial charge < -0.3 is 9.64 Å². The molecule has 3 heterocycles. The Labute approximate surface area is 168 Å². The molecule has 1 aromatic heterocycles. The van der Waals surface area contributed by atoms with Crippen molar-refractivity contribution in [3.8, 4) is 10.9 Å². The van der Waals surface area contributed by atoms with Crippen molar-refractivity contribution >= 4 is 27.5 Å². The summed E-state index contributed by atoms with van der Waals surface area (Å²) in [5.41, 5.74) is 2.24. The first-order valence-corrected chi connectivity index (χ1v) is 10.6. The minimum absolute atomic E-state index is 0.215. The number of nitrogens with zero attached hydrogens (tertiary/aromatic N) is 3. The zero-order chi connectivity index (χ0) is 19.1. The number of carbonyl (C=O) groups excluding carboxylic acids is 1. The molecular weight excluding hydrogens is 370 g/mol. The predicted molar refractivity (Wildman–Crippen MR) is 111 cm³/mol. The van der Waals surface area contributed by atoms with E-state index in [2.05, 4.69) is 28.1 Å². The molecule has 2 aliphatic rings.